The molecule has 5 nitrogen and oxygen atoms in total. The number of hydrogen-bond donors (Lipinski definition) is 1. The molecule has 3 aromatic rings. The van der Waals surface area contributed by atoms with Gasteiger partial charge in [-0.05, 0) is 31.4 Å². The summed E-state index contributed by atoms with van der Waals surface area (Å²) in [4.78, 5) is 26.7. The van der Waals surface area contributed by atoms with Gasteiger partial charge in [0.15, 0.2) is 0 Å². The zero-order valence-corrected chi connectivity index (χ0v) is 16.3. The predicted molar refractivity (Wildman–Crippen MR) is 111 cm³/mol. The smallest absolute Gasteiger partial charge is 0.222 e. The Balaban J connectivity index is 1.42. The van der Waals surface area contributed by atoms with Crippen molar-refractivity contribution in [3.05, 3.63) is 60.7 Å². The number of hydrogen-bond acceptors (Lipinski definition) is 3. The molecule has 1 aromatic carbocycles. The Morgan fingerprint density at radius 1 is 1.04 bits per heavy atom. The molecule has 0 bridgehead atoms. The lowest BCUT2D eigenvalue weighted by Gasteiger charge is -2.31. The minimum Gasteiger partial charge on any atom is -0.343 e. The fourth-order valence-electron chi connectivity index (χ4n) is 3.80. The van der Waals surface area contributed by atoms with E-state index in [1.807, 2.05) is 41.6 Å². The third-order valence-electron chi connectivity index (χ3n) is 5.44. The lowest BCUT2D eigenvalue weighted by Crippen LogP contribution is -2.37. The van der Waals surface area contributed by atoms with E-state index < -0.39 is 0 Å². The number of likely N-dealkylation sites (tertiary alicyclic amines) is 1. The van der Waals surface area contributed by atoms with Crippen molar-refractivity contribution in [2.75, 3.05) is 13.1 Å². The number of H-pyrrole nitrogens is 1. The molecule has 1 N–H and O–H groups in total. The molecule has 1 fully saturated rings. The molecule has 144 valence electrons. The van der Waals surface area contributed by atoms with Crippen LogP contribution < -0.4 is 0 Å². The third-order valence-corrected chi connectivity index (χ3v) is 5.44. The summed E-state index contributed by atoms with van der Waals surface area (Å²) in [5, 5.41) is 0. The number of rotatable bonds is 5. The van der Waals surface area contributed by atoms with Crippen LogP contribution in [0.5, 0.6) is 0 Å². The van der Waals surface area contributed by atoms with Gasteiger partial charge in [0.25, 0.3) is 0 Å². The Bertz CT molecular complexity index is 909. The highest BCUT2D eigenvalue weighted by molar-refractivity contribution is 5.76. The number of nitrogens with zero attached hydrogens (tertiary/aromatic N) is 3. The molecule has 0 saturated carbocycles. The van der Waals surface area contributed by atoms with Crippen LogP contribution in [-0.4, -0.2) is 38.8 Å². The molecular formula is C23H26N4O. The van der Waals surface area contributed by atoms with Gasteiger partial charge in [0.1, 0.15) is 5.82 Å². The molecule has 0 atom stereocenters. The van der Waals surface area contributed by atoms with Crippen LogP contribution in [0.15, 0.2) is 54.9 Å². The van der Waals surface area contributed by atoms with E-state index in [0.29, 0.717) is 12.3 Å². The fraction of sp³-hybridized carbons (Fsp3) is 0.348. The number of aromatic nitrogens is 3. The average Bonchev–Trinajstić information content (AvgIpc) is 3.25. The van der Waals surface area contributed by atoms with Gasteiger partial charge in [-0.1, -0.05) is 37.3 Å². The number of amides is 1. The maximum atomic E-state index is 12.1. The summed E-state index contributed by atoms with van der Waals surface area (Å²) >= 11 is 0. The summed E-state index contributed by atoms with van der Waals surface area (Å²) in [6.45, 7) is 3.70. The summed E-state index contributed by atoms with van der Waals surface area (Å²) < 4.78 is 0. The molecule has 3 heterocycles. The van der Waals surface area contributed by atoms with E-state index in [4.69, 9.17) is 0 Å². The number of benzene rings is 1. The highest BCUT2D eigenvalue weighted by atomic mass is 16.2. The van der Waals surface area contributed by atoms with Gasteiger partial charge in [0.2, 0.25) is 5.91 Å². The highest BCUT2D eigenvalue weighted by Gasteiger charge is 2.25. The first-order valence-corrected chi connectivity index (χ1v) is 10.1. The summed E-state index contributed by atoms with van der Waals surface area (Å²) in [7, 11) is 0. The lowest BCUT2D eigenvalue weighted by molar-refractivity contribution is -0.132. The Labute approximate surface area is 165 Å². The first-order valence-electron chi connectivity index (χ1n) is 10.1. The normalized spacial score (nSPS) is 15.0. The summed E-state index contributed by atoms with van der Waals surface area (Å²) in [5.41, 5.74) is 4.11. The first kappa shape index (κ1) is 18.4. The van der Waals surface area contributed by atoms with Crippen LogP contribution in [0, 0.1) is 0 Å². The molecule has 4 rings (SSSR count). The Morgan fingerprint density at radius 3 is 2.50 bits per heavy atom. The second kappa shape index (κ2) is 8.38. The number of piperidine rings is 1. The maximum absolute atomic E-state index is 12.1. The van der Waals surface area contributed by atoms with Crippen LogP contribution in [0.1, 0.15) is 44.3 Å². The molecule has 1 aliphatic heterocycles. The van der Waals surface area contributed by atoms with Gasteiger partial charge in [0, 0.05) is 42.8 Å². The second-order valence-electron chi connectivity index (χ2n) is 7.39. The van der Waals surface area contributed by atoms with Gasteiger partial charge >= 0.3 is 0 Å². The largest absolute Gasteiger partial charge is 0.343 e. The number of pyridine rings is 1. The fourth-order valence-corrected chi connectivity index (χ4v) is 3.80. The van der Waals surface area contributed by atoms with Crippen LogP contribution in [0.25, 0.3) is 22.5 Å². The minimum absolute atomic E-state index is 0.283. The van der Waals surface area contributed by atoms with E-state index in [1.54, 1.807) is 0 Å². The van der Waals surface area contributed by atoms with E-state index in [9.17, 15) is 4.79 Å². The number of imidazole rings is 1. The van der Waals surface area contributed by atoms with Crippen LogP contribution in [0.4, 0.5) is 0 Å². The Hall–Kier alpha value is -2.95. The molecule has 1 aliphatic rings. The van der Waals surface area contributed by atoms with Crippen LogP contribution in [0.3, 0.4) is 0 Å². The minimum atomic E-state index is 0.283. The van der Waals surface area contributed by atoms with E-state index >= 15 is 0 Å². The van der Waals surface area contributed by atoms with E-state index in [-0.39, 0.29) is 5.91 Å². The van der Waals surface area contributed by atoms with Crippen molar-refractivity contribution in [3.63, 3.8) is 0 Å². The van der Waals surface area contributed by atoms with E-state index in [1.165, 1.54) is 0 Å². The van der Waals surface area contributed by atoms with Crippen molar-refractivity contribution in [1.29, 1.82) is 0 Å². The van der Waals surface area contributed by atoms with Crippen LogP contribution in [-0.2, 0) is 4.79 Å². The van der Waals surface area contributed by atoms with Crippen LogP contribution >= 0.6 is 0 Å². The van der Waals surface area contributed by atoms with E-state index in [0.717, 1.165) is 60.7 Å². The van der Waals surface area contributed by atoms with Crippen LogP contribution in [0.2, 0.25) is 0 Å². The Kier molecular flexibility index (Phi) is 5.51. The zero-order chi connectivity index (χ0) is 19.3. The van der Waals surface area contributed by atoms with Gasteiger partial charge in [-0.25, -0.2) is 4.98 Å². The summed E-state index contributed by atoms with van der Waals surface area (Å²) in [6.07, 6.45) is 7.29. The van der Waals surface area contributed by atoms with Gasteiger partial charge in [-0.2, -0.15) is 0 Å². The third kappa shape index (κ3) is 3.98. The van der Waals surface area contributed by atoms with Gasteiger partial charge < -0.3 is 9.88 Å². The van der Waals surface area contributed by atoms with Crippen molar-refractivity contribution >= 4 is 5.91 Å². The van der Waals surface area contributed by atoms with Gasteiger partial charge in [-0.15, -0.1) is 0 Å². The van der Waals surface area contributed by atoms with Crippen molar-refractivity contribution in [2.24, 2.45) is 0 Å². The highest BCUT2D eigenvalue weighted by Crippen LogP contribution is 2.28. The van der Waals surface area contributed by atoms with Gasteiger partial charge in [0.05, 0.1) is 17.6 Å². The predicted octanol–water partition coefficient (Wildman–Crippen LogP) is 4.64. The quantitative estimate of drug-likeness (QED) is 0.707. The average molecular weight is 374 g/mol. The SMILES string of the molecule is CCCC(=O)N1CCC(c2ncc(-c3ccc(-c4ccccc4)nc3)[nH]2)CC1. The second-order valence-corrected chi connectivity index (χ2v) is 7.39. The lowest BCUT2D eigenvalue weighted by atomic mass is 9.96. The number of carbonyl (C=O) groups is 1. The number of nitrogens with one attached hydrogen (secondary N) is 1. The monoisotopic (exact) mass is 374 g/mol. The molecular weight excluding hydrogens is 348 g/mol. The number of aromatic amines is 1. The Morgan fingerprint density at radius 2 is 1.82 bits per heavy atom. The number of carbonyl (C=O) groups excluding carboxylic acids is 1. The molecule has 0 unspecified atom stereocenters. The topological polar surface area (TPSA) is 61.9 Å². The van der Waals surface area contributed by atoms with Crippen molar-refractivity contribution in [1.82, 2.24) is 19.9 Å². The van der Waals surface area contributed by atoms with Gasteiger partial charge in [-0.3, -0.25) is 9.78 Å². The van der Waals surface area contributed by atoms with Crippen molar-refractivity contribution in [2.45, 2.75) is 38.5 Å². The van der Waals surface area contributed by atoms with Crippen molar-refractivity contribution in [3.8, 4) is 22.5 Å². The molecule has 1 saturated heterocycles. The molecule has 1 amide bonds. The molecule has 0 aliphatic carbocycles. The molecule has 5 heteroatoms. The summed E-state index contributed by atoms with van der Waals surface area (Å²) in [5.74, 6) is 1.69. The first-order chi connectivity index (χ1) is 13.7. The molecule has 28 heavy (non-hydrogen) atoms. The zero-order valence-electron chi connectivity index (χ0n) is 16.3. The molecule has 0 radical (unpaired) electrons. The standard InChI is InChI=1S/C23H26N4O/c1-2-6-22(28)27-13-11-18(12-14-27)23-25-16-21(26-23)19-9-10-20(24-15-19)17-7-4-3-5-8-17/h3-5,7-10,15-16,18H,2,6,11-14H2,1H3,(H,25,26). The van der Waals surface area contributed by atoms with Crippen molar-refractivity contribution < 1.29 is 4.79 Å². The molecule has 0 spiro atoms. The maximum Gasteiger partial charge on any atom is 0.222 e. The summed E-state index contributed by atoms with van der Waals surface area (Å²) in [6, 6.07) is 14.3. The van der Waals surface area contributed by atoms with E-state index in [2.05, 4.69) is 40.1 Å². The molecule has 2 aromatic heterocycles.